The second kappa shape index (κ2) is 7.57. The molecule has 2 heterocycles. The molecule has 23 heavy (non-hydrogen) atoms. The summed E-state index contributed by atoms with van der Waals surface area (Å²) >= 11 is 3.39. The lowest BCUT2D eigenvalue weighted by atomic mass is 10.2. The van der Waals surface area contributed by atoms with Crippen molar-refractivity contribution in [1.29, 1.82) is 0 Å². The normalized spacial score (nSPS) is 21.1. The highest BCUT2D eigenvalue weighted by Crippen LogP contribution is 2.45. The molecule has 7 heteroatoms. The van der Waals surface area contributed by atoms with Crippen molar-refractivity contribution in [2.75, 3.05) is 20.1 Å². The Morgan fingerprint density at radius 1 is 1.48 bits per heavy atom. The molecule has 3 amide bonds. The molecule has 1 aliphatic rings. The minimum Gasteiger partial charge on any atom is -0.336 e. The number of carbonyl (C=O) groups is 2. The van der Waals surface area contributed by atoms with Gasteiger partial charge in [-0.2, -0.15) is 0 Å². The van der Waals surface area contributed by atoms with Gasteiger partial charge in [-0.3, -0.25) is 4.79 Å². The van der Waals surface area contributed by atoms with Crippen LogP contribution in [0.25, 0.3) is 0 Å². The molecule has 1 N–H and O–H groups in total. The van der Waals surface area contributed by atoms with Gasteiger partial charge >= 0.3 is 6.03 Å². The number of aryl methyl sites for hydroxylation is 1. The van der Waals surface area contributed by atoms with E-state index in [4.69, 9.17) is 0 Å². The standard InChI is InChI=1S/C16H25N3O2S2/c1-10(2)17-16(21)18(5)7-8-19-14(20)12(4)23-15(19)13-11(3)6-9-22-13/h6,9-10,12,15H,7-8H2,1-5H3,(H,17,21). The summed E-state index contributed by atoms with van der Waals surface area (Å²) in [6.45, 7) is 8.99. The molecule has 0 spiro atoms. The summed E-state index contributed by atoms with van der Waals surface area (Å²) in [5, 5.41) is 4.97. The van der Waals surface area contributed by atoms with Gasteiger partial charge in [0.2, 0.25) is 5.91 Å². The molecular formula is C16H25N3O2S2. The number of urea groups is 1. The average molecular weight is 356 g/mol. The van der Waals surface area contributed by atoms with Crippen molar-refractivity contribution in [2.24, 2.45) is 0 Å². The van der Waals surface area contributed by atoms with E-state index in [1.165, 1.54) is 10.4 Å². The van der Waals surface area contributed by atoms with E-state index in [9.17, 15) is 9.59 Å². The van der Waals surface area contributed by atoms with Gasteiger partial charge in [-0.05, 0) is 44.7 Å². The number of hydrogen-bond acceptors (Lipinski definition) is 4. The lowest BCUT2D eigenvalue weighted by Gasteiger charge is -2.27. The predicted octanol–water partition coefficient (Wildman–Crippen LogP) is 3.07. The minimum atomic E-state index is -0.101. The van der Waals surface area contributed by atoms with E-state index < -0.39 is 0 Å². The number of rotatable bonds is 5. The van der Waals surface area contributed by atoms with E-state index in [-0.39, 0.29) is 28.6 Å². The summed E-state index contributed by atoms with van der Waals surface area (Å²) in [4.78, 5) is 29.2. The van der Waals surface area contributed by atoms with Crippen LogP contribution < -0.4 is 5.32 Å². The van der Waals surface area contributed by atoms with Crippen LogP contribution in [0.2, 0.25) is 0 Å². The molecule has 1 fully saturated rings. The number of thioether (sulfide) groups is 1. The third-order valence-electron chi connectivity index (χ3n) is 3.81. The zero-order chi connectivity index (χ0) is 17.1. The van der Waals surface area contributed by atoms with E-state index >= 15 is 0 Å². The molecular weight excluding hydrogens is 330 g/mol. The van der Waals surface area contributed by atoms with Crippen molar-refractivity contribution in [3.8, 4) is 0 Å². The summed E-state index contributed by atoms with van der Waals surface area (Å²) in [5.74, 6) is 0.158. The zero-order valence-electron chi connectivity index (χ0n) is 14.3. The number of nitrogens with one attached hydrogen (secondary N) is 1. The first-order valence-electron chi connectivity index (χ1n) is 7.82. The largest absolute Gasteiger partial charge is 0.336 e. The van der Waals surface area contributed by atoms with Gasteiger partial charge < -0.3 is 15.1 Å². The topological polar surface area (TPSA) is 52.7 Å². The number of thiophene rings is 1. The first kappa shape index (κ1) is 18.1. The summed E-state index contributed by atoms with van der Waals surface area (Å²) in [6, 6.07) is 2.10. The Hall–Kier alpha value is -1.21. The van der Waals surface area contributed by atoms with Crippen LogP contribution in [0.1, 0.15) is 36.6 Å². The molecule has 1 aromatic rings. The van der Waals surface area contributed by atoms with Gasteiger partial charge in [0.05, 0.1) is 5.25 Å². The van der Waals surface area contributed by atoms with Crippen molar-refractivity contribution in [2.45, 2.75) is 44.4 Å². The Morgan fingerprint density at radius 3 is 2.74 bits per heavy atom. The highest BCUT2D eigenvalue weighted by molar-refractivity contribution is 8.01. The first-order valence-corrected chi connectivity index (χ1v) is 9.65. The highest BCUT2D eigenvalue weighted by atomic mass is 32.2. The SMILES string of the molecule is Cc1ccsc1C1SC(C)C(=O)N1CCN(C)C(=O)NC(C)C. The molecule has 0 radical (unpaired) electrons. The van der Waals surface area contributed by atoms with Crippen molar-refractivity contribution < 1.29 is 9.59 Å². The molecule has 2 unspecified atom stereocenters. The van der Waals surface area contributed by atoms with Crippen molar-refractivity contribution in [3.05, 3.63) is 21.9 Å². The molecule has 1 aromatic heterocycles. The molecule has 0 saturated carbocycles. The Labute approximate surface area is 146 Å². The van der Waals surface area contributed by atoms with E-state index in [1.54, 1.807) is 35.0 Å². The lowest BCUT2D eigenvalue weighted by molar-refractivity contribution is -0.129. The summed E-state index contributed by atoms with van der Waals surface area (Å²) < 4.78 is 0. The first-order chi connectivity index (χ1) is 10.8. The van der Waals surface area contributed by atoms with E-state index in [1.807, 2.05) is 25.7 Å². The van der Waals surface area contributed by atoms with Crippen molar-refractivity contribution >= 4 is 35.0 Å². The average Bonchev–Trinajstić information content (AvgIpc) is 3.01. The molecule has 0 bridgehead atoms. The molecule has 1 saturated heterocycles. The second-order valence-electron chi connectivity index (χ2n) is 6.16. The van der Waals surface area contributed by atoms with Gasteiger partial charge in [0, 0.05) is 31.1 Å². The maximum atomic E-state index is 12.5. The fourth-order valence-corrected chi connectivity index (χ4v) is 5.01. The summed E-state index contributed by atoms with van der Waals surface area (Å²) in [5.41, 5.74) is 1.23. The van der Waals surface area contributed by atoms with Gasteiger partial charge in [-0.25, -0.2) is 4.79 Å². The third kappa shape index (κ3) is 4.20. The highest BCUT2D eigenvalue weighted by Gasteiger charge is 2.39. The van der Waals surface area contributed by atoms with E-state index in [0.717, 1.165) is 0 Å². The van der Waals surface area contributed by atoms with Gasteiger partial charge in [-0.1, -0.05) is 0 Å². The Kier molecular flexibility index (Phi) is 5.97. The van der Waals surface area contributed by atoms with Crippen LogP contribution in [0.3, 0.4) is 0 Å². The predicted molar refractivity (Wildman–Crippen MR) is 96.9 cm³/mol. The fourth-order valence-electron chi connectivity index (χ4n) is 2.46. The Balaban J connectivity index is 2.03. The summed E-state index contributed by atoms with van der Waals surface area (Å²) in [6.07, 6.45) is 0. The molecule has 2 rings (SSSR count). The monoisotopic (exact) mass is 355 g/mol. The molecule has 2 atom stereocenters. The lowest BCUT2D eigenvalue weighted by Crippen LogP contribution is -2.44. The van der Waals surface area contributed by atoms with Crippen LogP contribution in [0.15, 0.2) is 11.4 Å². The Bertz CT molecular complexity index is 573. The summed E-state index contributed by atoms with van der Waals surface area (Å²) in [7, 11) is 1.76. The fraction of sp³-hybridized carbons (Fsp3) is 0.625. The van der Waals surface area contributed by atoms with Gasteiger partial charge in [0.25, 0.3) is 0 Å². The van der Waals surface area contributed by atoms with Gasteiger partial charge in [0.1, 0.15) is 5.37 Å². The quantitative estimate of drug-likeness (QED) is 0.883. The van der Waals surface area contributed by atoms with Crippen LogP contribution in [0, 0.1) is 6.92 Å². The maximum absolute atomic E-state index is 12.5. The number of nitrogens with zero attached hydrogens (tertiary/aromatic N) is 2. The number of likely N-dealkylation sites (N-methyl/N-ethyl adjacent to an activating group) is 1. The number of hydrogen-bond donors (Lipinski definition) is 1. The van der Waals surface area contributed by atoms with Crippen molar-refractivity contribution in [1.82, 2.24) is 15.1 Å². The van der Waals surface area contributed by atoms with E-state index in [2.05, 4.69) is 23.7 Å². The molecule has 128 valence electrons. The van der Waals surface area contributed by atoms with Crippen LogP contribution in [0.5, 0.6) is 0 Å². The minimum absolute atomic E-state index is 0.0312. The molecule has 1 aliphatic heterocycles. The van der Waals surface area contributed by atoms with Crippen LogP contribution in [-0.2, 0) is 4.79 Å². The molecule has 0 aromatic carbocycles. The van der Waals surface area contributed by atoms with Crippen LogP contribution in [0.4, 0.5) is 4.79 Å². The smallest absolute Gasteiger partial charge is 0.317 e. The van der Waals surface area contributed by atoms with Crippen LogP contribution in [-0.4, -0.2) is 53.2 Å². The molecule has 5 nitrogen and oxygen atoms in total. The molecule has 0 aliphatic carbocycles. The van der Waals surface area contributed by atoms with Gasteiger partial charge in [0.15, 0.2) is 0 Å². The van der Waals surface area contributed by atoms with Gasteiger partial charge in [-0.15, -0.1) is 23.1 Å². The second-order valence-corrected chi connectivity index (χ2v) is 8.53. The third-order valence-corrected chi connectivity index (χ3v) is 6.39. The van der Waals surface area contributed by atoms with E-state index in [0.29, 0.717) is 13.1 Å². The van der Waals surface area contributed by atoms with Crippen LogP contribution >= 0.6 is 23.1 Å². The number of amides is 3. The Morgan fingerprint density at radius 2 is 2.17 bits per heavy atom. The zero-order valence-corrected chi connectivity index (χ0v) is 16.0. The number of carbonyl (C=O) groups excluding carboxylic acids is 2. The van der Waals surface area contributed by atoms with Crippen molar-refractivity contribution in [3.63, 3.8) is 0 Å². The maximum Gasteiger partial charge on any atom is 0.317 e.